The van der Waals surface area contributed by atoms with Gasteiger partial charge in [0.15, 0.2) is 5.78 Å². The Morgan fingerprint density at radius 1 is 1.11 bits per heavy atom. The number of nitrogens with zero attached hydrogens (tertiary/aromatic N) is 1. The van der Waals surface area contributed by atoms with E-state index in [0.717, 1.165) is 0 Å². The van der Waals surface area contributed by atoms with Crippen LogP contribution in [0.1, 0.15) is 24.2 Å². The molecule has 0 heterocycles. The first-order chi connectivity index (χ1) is 9.00. The van der Waals surface area contributed by atoms with Crippen molar-refractivity contribution in [3.63, 3.8) is 0 Å². The minimum atomic E-state index is -0.410. The lowest BCUT2D eigenvalue weighted by atomic mass is 9.97. The van der Waals surface area contributed by atoms with Crippen LogP contribution in [-0.4, -0.2) is 17.4 Å². The molecular formula is C15H12ClNO2. The van der Waals surface area contributed by atoms with Gasteiger partial charge in [-0.15, -0.1) is 0 Å². The number of halogens is 1. The standard InChI is InChI=1S/C15H12ClNO2/c1-9-10(2)14(18)8-7-13(9)17-15(19)11-5-3-4-6-12(11)16/h3-8H,1-2H3. The Bertz CT molecular complexity index is 654. The summed E-state index contributed by atoms with van der Waals surface area (Å²) in [5.74, 6) is -0.464. The van der Waals surface area contributed by atoms with Crippen LogP contribution in [-0.2, 0) is 4.79 Å². The lowest BCUT2D eigenvalue weighted by Gasteiger charge is -2.10. The second kappa shape index (κ2) is 5.33. The highest BCUT2D eigenvalue weighted by Crippen LogP contribution is 2.18. The summed E-state index contributed by atoms with van der Waals surface area (Å²) in [6.07, 6.45) is 2.97. The first-order valence-electron chi connectivity index (χ1n) is 5.78. The van der Waals surface area contributed by atoms with Crippen molar-refractivity contribution >= 4 is 29.0 Å². The lowest BCUT2D eigenvalue weighted by molar-refractivity contribution is -0.111. The number of allylic oxidation sites excluding steroid dienone is 4. The van der Waals surface area contributed by atoms with Crippen molar-refractivity contribution in [3.05, 3.63) is 58.1 Å². The Balaban J connectivity index is 2.38. The van der Waals surface area contributed by atoms with Gasteiger partial charge in [-0.3, -0.25) is 9.59 Å². The summed E-state index contributed by atoms with van der Waals surface area (Å²) >= 11 is 5.95. The molecule has 1 aliphatic carbocycles. The van der Waals surface area contributed by atoms with Gasteiger partial charge < -0.3 is 0 Å². The number of ketones is 1. The molecule has 1 aliphatic rings. The maximum absolute atomic E-state index is 12.1. The number of aliphatic imine (C=N–C) groups is 1. The number of hydrogen-bond acceptors (Lipinski definition) is 2. The third-order valence-corrected chi connectivity index (χ3v) is 3.36. The highest BCUT2D eigenvalue weighted by atomic mass is 35.5. The van der Waals surface area contributed by atoms with Crippen molar-refractivity contribution in [3.8, 4) is 0 Å². The van der Waals surface area contributed by atoms with Crippen molar-refractivity contribution in [1.29, 1.82) is 0 Å². The molecule has 0 radical (unpaired) electrons. The topological polar surface area (TPSA) is 46.5 Å². The monoisotopic (exact) mass is 273 g/mol. The molecule has 1 aromatic carbocycles. The molecule has 2 rings (SSSR count). The summed E-state index contributed by atoms with van der Waals surface area (Å²) in [7, 11) is 0. The van der Waals surface area contributed by atoms with Crippen molar-refractivity contribution in [2.24, 2.45) is 4.99 Å². The van der Waals surface area contributed by atoms with Crippen molar-refractivity contribution in [2.75, 3.05) is 0 Å². The Hall–Kier alpha value is -2.00. The second-order valence-corrected chi connectivity index (χ2v) is 4.64. The molecule has 3 nitrogen and oxygen atoms in total. The van der Waals surface area contributed by atoms with Gasteiger partial charge in [-0.05, 0) is 43.7 Å². The highest BCUT2D eigenvalue weighted by Gasteiger charge is 2.16. The molecule has 0 aliphatic heterocycles. The average molecular weight is 274 g/mol. The Morgan fingerprint density at radius 2 is 1.79 bits per heavy atom. The van der Waals surface area contributed by atoms with Crippen LogP contribution in [0.15, 0.2) is 52.6 Å². The summed E-state index contributed by atoms with van der Waals surface area (Å²) in [5.41, 5.74) is 2.18. The zero-order valence-electron chi connectivity index (χ0n) is 10.6. The molecule has 19 heavy (non-hydrogen) atoms. The molecule has 0 saturated carbocycles. The quantitative estimate of drug-likeness (QED) is 0.736. The Kier molecular flexibility index (Phi) is 3.76. The normalized spacial score (nSPS) is 17.2. The van der Waals surface area contributed by atoms with Crippen LogP contribution in [0.2, 0.25) is 5.02 Å². The Labute approximate surface area is 116 Å². The van der Waals surface area contributed by atoms with E-state index in [4.69, 9.17) is 11.6 Å². The number of carbonyl (C=O) groups excluding carboxylic acids is 2. The van der Waals surface area contributed by atoms with Crippen LogP contribution in [0.4, 0.5) is 0 Å². The zero-order chi connectivity index (χ0) is 14.0. The zero-order valence-corrected chi connectivity index (χ0v) is 11.4. The molecule has 1 aromatic rings. The molecule has 0 N–H and O–H groups in total. The van der Waals surface area contributed by atoms with E-state index in [9.17, 15) is 9.59 Å². The number of hydrogen-bond donors (Lipinski definition) is 0. The molecule has 0 saturated heterocycles. The smallest absolute Gasteiger partial charge is 0.279 e. The molecule has 0 fully saturated rings. The van der Waals surface area contributed by atoms with E-state index in [-0.39, 0.29) is 5.78 Å². The second-order valence-electron chi connectivity index (χ2n) is 4.23. The number of rotatable bonds is 1. The summed E-state index contributed by atoms with van der Waals surface area (Å²) in [4.78, 5) is 27.5. The predicted molar refractivity (Wildman–Crippen MR) is 75.7 cm³/mol. The van der Waals surface area contributed by atoms with Crippen LogP contribution in [0.5, 0.6) is 0 Å². The van der Waals surface area contributed by atoms with E-state index in [2.05, 4.69) is 4.99 Å². The summed E-state index contributed by atoms with van der Waals surface area (Å²) in [6.45, 7) is 3.49. The van der Waals surface area contributed by atoms with Gasteiger partial charge in [-0.2, -0.15) is 0 Å². The number of carbonyl (C=O) groups is 2. The molecule has 0 aromatic heterocycles. The minimum Gasteiger partial charge on any atom is -0.290 e. The third-order valence-electron chi connectivity index (χ3n) is 3.04. The largest absolute Gasteiger partial charge is 0.290 e. The van der Waals surface area contributed by atoms with Crippen LogP contribution in [0.3, 0.4) is 0 Å². The molecule has 0 bridgehead atoms. The van der Waals surface area contributed by atoms with Crippen molar-refractivity contribution < 1.29 is 9.59 Å². The first kappa shape index (κ1) is 13.4. The molecule has 0 unspecified atom stereocenters. The maximum Gasteiger partial charge on any atom is 0.279 e. The van der Waals surface area contributed by atoms with Crippen LogP contribution >= 0.6 is 11.6 Å². The predicted octanol–water partition coefficient (Wildman–Crippen LogP) is 3.40. The van der Waals surface area contributed by atoms with E-state index in [1.54, 1.807) is 44.2 Å². The maximum atomic E-state index is 12.1. The molecular weight excluding hydrogens is 262 g/mol. The fraction of sp³-hybridized carbons (Fsp3) is 0.133. The summed E-state index contributed by atoms with van der Waals surface area (Å²) in [6, 6.07) is 6.75. The van der Waals surface area contributed by atoms with E-state index in [1.165, 1.54) is 6.08 Å². The highest BCUT2D eigenvalue weighted by molar-refractivity contribution is 6.34. The fourth-order valence-corrected chi connectivity index (χ4v) is 1.92. The van der Waals surface area contributed by atoms with E-state index >= 15 is 0 Å². The summed E-state index contributed by atoms with van der Waals surface area (Å²) < 4.78 is 0. The SMILES string of the molecule is CC1=C(C)C(=NC(=O)c2ccccc2Cl)C=CC1=O. The van der Waals surface area contributed by atoms with Crippen molar-refractivity contribution in [1.82, 2.24) is 0 Å². The van der Waals surface area contributed by atoms with Crippen LogP contribution in [0, 0.1) is 0 Å². The molecule has 0 atom stereocenters. The van der Waals surface area contributed by atoms with E-state index in [0.29, 0.717) is 27.4 Å². The number of amides is 1. The Morgan fingerprint density at radius 3 is 2.47 bits per heavy atom. The molecule has 4 heteroatoms. The van der Waals surface area contributed by atoms with Gasteiger partial charge >= 0.3 is 0 Å². The van der Waals surface area contributed by atoms with Gasteiger partial charge in [0.1, 0.15) is 0 Å². The fourth-order valence-electron chi connectivity index (χ4n) is 1.71. The van der Waals surface area contributed by atoms with Gasteiger partial charge in [-0.1, -0.05) is 23.7 Å². The van der Waals surface area contributed by atoms with E-state index < -0.39 is 5.91 Å². The molecule has 1 amide bonds. The average Bonchev–Trinajstić information content (AvgIpc) is 2.40. The van der Waals surface area contributed by atoms with Gasteiger partial charge in [0, 0.05) is 5.57 Å². The number of benzene rings is 1. The molecule has 0 spiro atoms. The van der Waals surface area contributed by atoms with Gasteiger partial charge in [-0.25, -0.2) is 4.99 Å². The van der Waals surface area contributed by atoms with Crippen LogP contribution < -0.4 is 0 Å². The molecule has 96 valence electrons. The van der Waals surface area contributed by atoms with Gasteiger partial charge in [0.2, 0.25) is 0 Å². The van der Waals surface area contributed by atoms with Crippen LogP contribution in [0.25, 0.3) is 0 Å². The first-order valence-corrected chi connectivity index (χ1v) is 6.16. The third kappa shape index (κ3) is 2.71. The van der Waals surface area contributed by atoms with Crippen molar-refractivity contribution in [2.45, 2.75) is 13.8 Å². The van der Waals surface area contributed by atoms with E-state index in [1.807, 2.05) is 0 Å². The van der Waals surface area contributed by atoms with Gasteiger partial charge in [0.25, 0.3) is 5.91 Å². The van der Waals surface area contributed by atoms with Gasteiger partial charge in [0.05, 0.1) is 16.3 Å². The minimum absolute atomic E-state index is 0.0540. The summed E-state index contributed by atoms with van der Waals surface area (Å²) in [5, 5.41) is 0.367. The lowest BCUT2D eigenvalue weighted by Crippen LogP contribution is -2.12.